The number of fused-ring (bicyclic) bond motifs is 1. The van der Waals surface area contributed by atoms with Crippen molar-refractivity contribution in [1.82, 2.24) is 4.57 Å². The van der Waals surface area contributed by atoms with Crippen LogP contribution in [-0.2, 0) is 13.5 Å². The minimum absolute atomic E-state index is 0.713. The van der Waals surface area contributed by atoms with E-state index in [0.29, 0.717) is 6.54 Å². The van der Waals surface area contributed by atoms with E-state index in [-0.39, 0.29) is 0 Å². The lowest BCUT2D eigenvalue weighted by molar-refractivity contribution is 0.819. The molecule has 2 nitrogen and oxygen atoms in total. The SMILES string of the molecule is Cc1c(CCN)n(C)c2ccccc12. The van der Waals surface area contributed by atoms with Crippen molar-refractivity contribution in [1.29, 1.82) is 0 Å². The highest BCUT2D eigenvalue weighted by Gasteiger charge is 2.09. The zero-order chi connectivity index (χ0) is 10.1. The Morgan fingerprint density at radius 2 is 2.00 bits per heavy atom. The van der Waals surface area contributed by atoms with Crippen molar-refractivity contribution in [3.63, 3.8) is 0 Å². The van der Waals surface area contributed by atoms with Crippen LogP contribution in [-0.4, -0.2) is 11.1 Å². The lowest BCUT2D eigenvalue weighted by atomic mass is 10.1. The van der Waals surface area contributed by atoms with Crippen LogP contribution in [0.5, 0.6) is 0 Å². The molecule has 0 radical (unpaired) electrons. The summed E-state index contributed by atoms with van der Waals surface area (Å²) in [4.78, 5) is 0. The summed E-state index contributed by atoms with van der Waals surface area (Å²) in [6.45, 7) is 2.89. The van der Waals surface area contributed by atoms with E-state index < -0.39 is 0 Å². The Morgan fingerprint density at radius 1 is 1.29 bits per heavy atom. The lowest BCUT2D eigenvalue weighted by Crippen LogP contribution is -2.07. The van der Waals surface area contributed by atoms with Crippen LogP contribution >= 0.6 is 0 Å². The Bertz CT molecular complexity index is 416. The molecule has 1 aromatic heterocycles. The van der Waals surface area contributed by atoms with Crippen molar-refractivity contribution in [2.75, 3.05) is 6.54 Å². The maximum absolute atomic E-state index is 5.61. The van der Waals surface area contributed by atoms with Gasteiger partial charge in [0.25, 0.3) is 0 Å². The first-order valence-corrected chi connectivity index (χ1v) is 4.98. The van der Waals surface area contributed by atoms with Crippen molar-refractivity contribution >= 4 is 10.9 Å². The number of hydrogen-bond acceptors (Lipinski definition) is 1. The Morgan fingerprint density at radius 3 is 2.64 bits per heavy atom. The normalized spacial score (nSPS) is 11.1. The van der Waals surface area contributed by atoms with E-state index >= 15 is 0 Å². The van der Waals surface area contributed by atoms with Gasteiger partial charge in [0.2, 0.25) is 0 Å². The maximum atomic E-state index is 5.61. The Labute approximate surface area is 84.3 Å². The van der Waals surface area contributed by atoms with Crippen LogP contribution in [0.15, 0.2) is 24.3 Å². The fraction of sp³-hybridized carbons (Fsp3) is 0.333. The Kier molecular flexibility index (Phi) is 2.30. The summed E-state index contributed by atoms with van der Waals surface area (Å²) in [7, 11) is 2.11. The Balaban J connectivity index is 2.72. The number of rotatable bonds is 2. The zero-order valence-electron chi connectivity index (χ0n) is 8.75. The van der Waals surface area contributed by atoms with Gasteiger partial charge in [0.05, 0.1) is 0 Å². The van der Waals surface area contributed by atoms with Gasteiger partial charge in [0, 0.05) is 30.1 Å². The predicted octanol–water partition coefficient (Wildman–Crippen LogP) is 1.99. The third-order valence-corrected chi connectivity index (χ3v) is 2.89. The number of benzene rings is 1. The first-order valence-electron chi connectivity index (χ1n) is 4.98. The molecule has 0 bridgehead atoms. The van der Waals surface area contributed by atoms with Crippen molar-refractivity contribution < 1.29 is 0 Å². The lowest BCUT2D eigenvalue weighted by Gasteiger charge is -2.02. The third kappa shape index (κ3) is 1.23. The van der Waals surface area contributed by atoms with E-state index in [1.165, 1.54) is 22.2 Å². The minimum atomic E-state index is 0.713. The molecule has 0 aliphatic heterocycles. The molecule has 2 rings (SSSR count). The molecule has 0 aliphatic carbocycles. The first kappa shape index (κ1) is 9.28. The van der Waals surface area contributed by atoms with E-state index in [1.807, 2.05) is 0 Å². The minimum Gasteiger partial charge on any atom is -0.347 e. The highest BCUT2D eigenvalue weighted by Crippen LogP contribution is 2.24. The molecule has 2 N–H and O–H groups in total. The molecule has 2 heteroatoms. The molecule has 0 unspecified atom stereocenters. The fourth-order valence-corrected chi connectivity index (χ4v) is 2.13. The van der Waals surface area contributed by atoms with Gasteiger partial charge in [-0.2, -0.15) is 0 Å². The molecule has 0 spiro atoms. The predicted molar refractivity (Wildman–Crippen MR) is 60.4 cm³/mol. The third-order valence-electron chi connectivity index (χ3n) is 2.89. The summed E-state index contributed by atoms with van der Waals surface area (Å²) in [6, 6.07) is 8.49. The number of aryl methyl sites for hydroxylation is 2. The molecule has 74 valence electrons. The van der Waals surface area contributed by atoms with Crippen LogP contribution < -0.4 is 5.73 Å². The summed E-state index contributed by atoms with van der Waals surface area (Å²) in [5.74, 6) is 0. The maximum Gasteiger partial charge on any atom is 0.0482 e. The summed E-state index contributed by atoms with van der Waals surface area (Å²) >= 11 is 0. The molecular weight excluding hydrogens is 172 g/mol. The Hall–Kier alpha value is -1.28. The van der Waals surface area contributed by atoms with Crippen LogP contribution in [0.4, 0.5) is 0 Å². The number of nitrogens with two attached hydrogens (primary N) is 1. The highest BCUT2D eigenvalue weighted by molar-refractivity contribution is 5.85. The van der Waals surface area contributed by atoms with Crippen molar-refractivity contribution in [2.45, 2.75) is 13.3 Å². The number of aromatic nitrogens is 1. The number of nitrogens with zero attached hydrogens (tertiary/aromatic N) is 1. The van der Waals surface area contributed by atoms with Crippen molar-refractivity contribution in [3.8, 4) is 0 Å². The van der Waals surface area contributed by atoms with Gasteiger partial charge in [0.15, 0.2) is 0 Å². The van der Waals surface area contributed by atoms with Gasteiger partial charge in [-0.25, -0.2) is 0 Å². The fourth-order valence-electron chi connectivity index (χ4n) is 2.13. The van der Waals surface area contributed by atoms with Gasteiger partial charge in [-0.1, -0.05) is 18.2 Å². The topological polar surface area (TPSA) is 30.9 Å². The second-order valence-electron chi connectivity index (χ2n) is 3.69. The molecule has 2 aromatic rings. The van der Waals surface area contributed by atoms with Crippen molar-refractivity contribution in [3.05, 3.63) is 35.5 Å². The van der Waals surface area contributed by atoms with E-state index in [4.69, 9.17) is 5.73 Å². The average Bonchev–Trinajstić information content (AvgIpc) is 2.45. The van der Waals surface area contributed by atoms with Crippen LogP contribution in [0, 0.1) is 6.92 Å². The summed E-state index contributed by atoms with van der Waals surface area (Å²) in [5, 5.41) is 1.35. The molecule has 0 saturated heterocycles. The van der Waals surface area contributed by atoms with E-state index in [2.05, 4.69) is 42.8 Å². The molecule has 14 heavy (non-hydrogen) atoms. The molecule has 1 aromatic carbocycles. The second kappa shape index (κ2) is 3.46. The summed E-state index contributed by atoms with van der Waals surface area (Å²) in [6.07, 6.45) is 0.955. The molecule has 0 amide bonds. The number of para-hydroxylation sites is 1. The quantitative estimate of drug-likeness (QED) is 0.767. The number of hydrogen-bond donors (Lipinski definition) is 1. The van der Waals surface area contributed by atoms with E-state index in [9.17, 15) is 0 Å². The molecule has 0 atom stereocenters. The van der Waals surface area contributed by atoms with Crippen molar-refractivity contribution in [2.24, 2.45) is 12.8 Å². The molecule has 0 fully saturated rings. The average molecular weight is 188 g/mol. The summed E-state index contributed by atoms with van der Waals surface area (Å²) in [5.41, 5.74) is 9.63. The monoisotopic (exact) mass is 188 g/mol. The van der Waals surface area contributed by atoms with Crippen LogP contribution in [0.2, 0.25) is 0 Å². The van der Waals surface area contributed by atoms with Gasteiger partial charge in [0.1, 0.15) is 0 Å². The van der Waals surface area contributed by atoms with E-state index in [0.717, 1.165) is 6.42 Å². The van der Waals surface area contributed by atoms with Gasteiger partial charge in [-0.3, -0.25) is 0 Å². The van der Waals surface area contributed by atoms with Crippen LogP contribution in [0.3, 0.4) is 0 Å². The molecule has 0 saturated carbocycles. The van der Waals surface area contributed by atoms with Crippen LogP contribution in [0.1, 0.15) is 11.3 Å². The molecule has 0 aliphatic rings. The zero-order valence-corrected chi connectivity index (χ0v) is 8.75. The van der Waals surface area contributed by atoms with Gasteiger partial charge in [-0.05, 0) is 25.1 Å². The summed E-state index contributed by atoms with van der Waals surface area (Å²) < 4.78 is 2.25. The van der Waals surface area contributed by atoms with Gasteiger partial charge < -0.3 is 10.3 Å². The molecule has 1 heterocycles. The highest BCUT2D eigenvalue weighted by atomic mass is 14.9. The van der Waals surface area contributed by atoms with Crippen LogP contribution in [0.25, 0.3) is 10.9 Å². The molecular formula is C12H16N2. The standard InChI is InChI=1S/C12H16N2/c1-9-10-5-3-4-6-12(10)14(2)11(9)7-8-13/h3-6H,7-8,13H2,1-2H3. The van der Waals surface area contributed by atoms with Gasteiger partial charge >= 0.3 is 0 Å². The smallest absolute Gasteiger partial charge is 0.0482 e. The van der Waals surface area contributed by atoms with Gasteiger partial charge in [-0.15, -0.1) is 0 Å². The second-order valence-corrected chi connectivity index (χ2v) is 3.69. The first-order chi connectivity index (χ1) is 6.75. The largest absolute Gasteiger partial charge is 0.347 e. The van der Waals surface area contributed by atoms with E-state index in [1.54, 1.807) is 0 Å².